The fourth-order valence-electron chi connectivity index (χ4n) is 2.31. The average molecular weight is 358 g/mol. The number of hydrogen-bond donors (Lipinski definition) is 2. The molecule has 0 aliphatic carbocycles. The van der Waals surface area contributed by atoms with Gasteiger partial charge in [0.25, 0.3) is 0 Å². The average Bonchev–Trinajstić information content (AvgIpc) is 3.03. The van der Waals surface area contributed by atoms with Crippen molar-refractivity contribution in [3.05, 3.63) is 42.5 Å². The highest BCUT2D eigenvalue weighted by molar-refractivity contribution is 7.98. The molecule has 130 valence electrons. The van der Waals surface area contributed by atoms with E-state index in [0.717, 1.165) is 21.7 Å². The fraction of sp³-hybridized carbons (Fsp3) is 0.176. The summed E-state index contributed by atoms with van der Waals surface area (Å²) in [5, 5.41) is 7.44. The van der Waals surface area contributed by atoms with E-state index >= 15 is 0 Å². The van der Waals surface area contributed by atoms with Crippen molar-refractivity contribution in [2.24, 2.45) is 0 Å². The summed E-state index contributed by atoms with van der Waals surface area (Å²) in [4.78, 5) is 15.0. The third kappa shape index (κ3) is 3.80. The maximum absolute atomic E-state index is 12.2. The Morgan fingerprint density at radius 1 is 1.20 bits per heavy atom. The summed E-state index contributed by atoms with van der Waals surface area (Å²) in [6.45, 7) is 0. The first-order chi connectivity index (χ1) is 12.1. The zero-order chi connectivity index (χ0) is 17.8. The summed E-state index contributed by atoms with van der Waals surface area (Å²) in [6.07, 6.45) is 0. The Morgan fingerprint density at radius 3 is 2.64 bits per heavy atom. The Hall–Kier alpha value is -2.87. The molecule has 0 aliphatic heterocycles. The lowest BCUT2D eigenvalue weighted by atomic mass is 10.2. The number of methoxy groups -OCH3 is 1. The zero-order valence-electron chi connectivity index (χ0n) is 14.1. The second kappa shape index (κ2) is 7.35. The number of nitrogens with zero attached hydrogens (tertiary/aromatic N) is 2. The summed E-state index contributed by atoms with van der Waals surface area (Å²) in [6, 6.07) is 12.6. The molecule has 0 bridgehead atoms. The number of carbonyl (C=O) groups excluding carboxylic acids is 1. The first-order valence-corrected chi connectivity index (χ1v) is 8.33. The van der Waals surface area contributed by atoms with E-state index in [-0.39, 0.29) is 6.03 Å². The van der Waals surface area contributed by atoms with Crippen molar-refractivity contribution >= 4 is 40.5 Å². The molecule has 3 aromatic rings. The van der Waals surface area contributed by atoms with Crippen molar-refractivity contribution in [2.45, 2.75) is 4.90 Å². The molecule has 8 heteroatoms. The number of hydrogen-bond acceptors (Lipinski definition) is 6. The van der Waals surface area contributed by atoms with Crippen LogP contribution in [-0.2, 0) is 0 Å². The van der Waals surface area contributed by atoms with Gasteiger partial charge in [-0.1, -0.05) is 11.2 Å². The molecule has 0 atom stereocenters. The molecule has 0 aliphatic rings. The van der Waals surface area contributed by atoms with Crippen molar-refractivity contribution in [1.82, 2.24) is 9.88 Å². The van der Waals surface area contributed by atoms with Gasteiger partial charge < -0.3 is 14.2 Å². The van der Waals surface area contributed by atoms with Gasteiger partial charge in [-0.25, -0.2) is 4.79 Å². The van der Waals surface area contributed by atoms with E-state index in [1.807, 2.05) is 61.5 Å². The van der Waals surface area contributed by atoms with Crippen LogP contribution in [0.15, 0.2) is 51.9 Å². The quantitative estimate of drug-likeness (QED) is 0.677. The van der Waals surface area contributed by atoms with Crippen LogP contribution >= 0.6 is 11.9 Å². The topological polar surface area (TPSA) is 79.6 Å². The maximum Gasteiger partial charge on any atom is 0.330 e. The Kier molecular flexibility index (Phi) is 4.99. The number of benzene rings is 2. The van der Waals surface area contributed by atoms with E-state index in [2.05, 4.69) is 15.2 Å². The molecule has 3 rings (SSSR count). The van der Waals surface area contributed by atoms with Crippen molar-refractivity contribution in [2.75, 3.05) is 31.4 Å². The monoisotopic (exact) mass is 358 g/mol. The maximum atomic E-state index is 12.2. The van der Waals surface area contributed by atoms with E-state index < -0.39 is 0 Å². The van der Waals surface area contributed by atoms with E-state index in [0.29, 0.717) is 11.4 Å². The lowest BCUT2D eigenvalue weighted by Crippen LogP contribution is -2.23. The second-order valence-electron chi connectivity index (χ2n) is 5.41. The Labute approximate surface area is 149 Å². The second-order valence-corrected chi connectivity index (χ2v) is 6.29. The molecule has 0 spiro atoms. The number of anilines is 2. The predicted molar refractivity (Wildman–Crippen MR) is 99.3 cm³/mol. The van der Waals surface area contributed by atoms with Crippen molar-refractivity contribution in [1.29, 1.82) is 0 Å². The molecule has 2 amide bonds. The van der Waals surface area contributed by atoms with E-state index in [1.165, 1.54) is 11.9 Å². The van der Waals surface area contributed by atoms with Crippen molar-refractivity contribution < 1.29 is 14.1 Å². The molecule has 1 heterocycles. The number of amides is 2. The first-order valence-electron chi connectivity index (χ1n) is 7.52. The smallest absolute Gasteiger partial charge is 0.330 e. The number of rotatable bonds is 5. The molecule has 0 radical (unpaired) electrons. The normalized spacial score (nSPS) is 10.5. The summed E-state index contributed by atoms with van der Waals surface area (Å²) in [5.74, 6) is 1.14. The minimum Gasteiger partial charge on any atom is -0.497 e. The van der Waals surface area contributed by atoms with Gasteiger partial charge in [0, 0.05) is 19.0 Å². The zero-order valence-corrected chi connectivity index (χ0v) is 14.9. The van der Waals surface area contributed by atoms with Crippen LogP contribution in [0.25, 0.3) is 11.0 Å². The van der Waals surface area contributed by atoms with Gasteiger partial charge in [0.15, 0.2) is 11.4 Å². The molecule has 1 aromatic heterocycles. The van der Waals surface area contributed by atoms with Gasteiger partial charge in [-0.15, -0.1) is 0 Å². The number of ether oxygens (including phenoxy) is 1. The van der Waals surface area contributed by atoms with Gasteiger partial charge in [0.1, 0.15) is 5.75 Å². The number of aromatic nitrogens is 1. The molecule has 0 saturated heterocycles. The van der Waals surface area contributed by atoms with E-state index in [9.17, 15) is 4.79 Å². The van der Waals surface area contributed by atoms with Gasteiger partial charge >= 0.3 is 6.03 Å². The molecule has 0 fully saturated rings. The minimum atomic E-state index is -0.385. The molecule has 2 N–H and O–H groups in total. The highest BCUT2D eigenvalue weighted by Gasteiger charge is 2.16. The Morgan fingerprint density at radius 2 is 1.96 bits per heavy atom. The molecule has 2 aromatic carbocycles. The van der Waals surface area contributed by atoms with Crippen LogP contribution in [0.3, 0.4) is 0 Å². The van der Waals surface area contributed by atoms with Crippen LogP contribution in [-0.4, -0.2) is 32.4 Å². The van der Waals surface area contributed by atoms with E-state index in [1.54, 1.807) is 7.11 Å². The SMILES string of the molecule is COc1ccc(SNC(=O)Nc2noc3cccc(N(C)C)c23)cc1. The van der Waals surface area contributed by atoms with Crippen molar-refractivity contribution in [3.63, 3.8) is 0 Å². The molecule has 0 saturated carbocycles. The molecule has 0 unspecified atom stereocenters. The van der Waals surface area contributed by atoms with Gasteiger partial charge in [0.2, 0.25) is 0 Å². The molecular weight excluding hydrogens is 340 g/mol. The third-order valence-corrected chi connectivity index (χ3v) is 4.31. The highest BCUT2D eigenvalue weighted by Crippen LogP contribution is 2.31. The number of carbonyl (C=O) groups is 1. The molecule has 25 heavy (non-hydrogen) atoms. The fourth-order valence-corrected chi connectivity index (χ4v) is 2.85. The standard InChI is InChI=1S/C17H18N4O3S/c1-21(2)13-5-4-6-14-15(13)16(19-24-14)18-17(22)20-25-12-9-7-11(23-3)8-10-12/h4-10H,1-3H3,(H2,18,19,20,22). The van der Waals surface area contributed by atoms with Crippen LogP contribution in [0.5, 0.6) is 5.75 Å². The predicted octanol–water partition coefficient (Wildman–Crippen LogP) is 3.73. The Bertz CT molecular complexity index is 877. The van der Waals surface area contributed by atoms with Gasteiger partial charge in [-0.3, -0.25) is 10.0 Å². The van der Waals surface area contributed by atoms with E-state index in [4.69, 9.17) is 9.26 Å². The van der Waals surface area contributed by atoms with Gasteiger partial charge in [-0.2, -0.15) is 0 Å². The van der Waals surface area contributed by atoms with Gasteiger partial charge in [0.05, 0.1) is 18.2 Å². The van der Waals surface area contributed by atoms with Crippen LogP contribution < -0.4 is 19.7 Å². The summed E-state index contributed by atoms with van der Waals surface area (Å²) in [7, 11) is 5.45. The summed E-state index contributed by atoms with van der Waals surface area (Å²) < 4.78 is 13.1. The molecular formula is C17H18N4O3S. The molecule has 7 nitrogen and oxygen atoms in total. The van der Waals surface area contributed by atoms with Crippen LogP contribution in [0, 0.1) is 0 Å². The lowest BCUT2D eigenvalue weighted by Gasteiger charge is -2.13. The van der Waals surface area contributed by atoms with Crippen molar-refractivity contribution in [3.8, 4) is 5.75 Å². The van der Waals surface area contributed by atoms with Crippen LogP contribution in [0.4, 0.5) is 16.3 Å². The minimum absolute atomic E-state index is 0.382. The lowest BCUT2D eigenvalue weighted by molar-refractivity contribution is 0.257. The summed E-state index contributed by atoms with van der Waals surface area (Å²) >= 11 is 1.20. The van der Waals surface area contributed by atoms with Crippen LogP contribution in [0.1, 0.15) is 0 Å². The number of nitrogens with one attached hydrogen (secondary N) is 2. The third-order valence-electron chi connectivity index (χ3n) is 3.51. The summed E-state index contributed by atoms with van der Waals surface area (Å²) in [5.41, 5.74) is 1.53. The van der Waals surface area contributed by atoms with Crippen LogP contribution in [0.2, 0.25) is 0 Å². The largest absolute Gasteiger partial charge is 0.497 e. The Balaban J connectivity index is 1.69. The van der Waals surface area contributed by atoms with Gasteiger partial charge in [-0.05, 0) is 48.3 Å². The number of urea groups is 1. The highest BCUT2D eigenvalue weighted by atomic mass is 32.2. The number of fused-ring (bicyclic) bond motifs is 1. The first kappa shape index (κ1) is 17.0.